The number of rotatable bonds is 6. The Kier molecular flexibility index (Phi) is 5.81. The highest BCUT2D eigenvalue weighted by atomic mass is 35.5. The van der Waals surface area contributed by atoms with Crippen molar-refractivity contribution in [2.45, 2.75) is 13.3 Å². The van der Waals surface area contributed by atoms with Crippen molar-refractivity contribution in [2.75, 3.05) is 11.9 Å². The second kappa shape index (κ2) is 8.45. The number of hydrogen-bond donors (Lipinski definition) is 2. The Balaban J connectivity index is 1.60. The number of anilines is 2. The number of carbonyl (C=O) groups excluding carboxylic acids is 1. The summed E-state index contributed by atoms with van der Waals surface area (Å²) in [6.07, 6.45) is 2.13. The predicted octanol–water partition coefficient (Wildman–Crippen LogP) is 4.15. The van der Waals surface area contributed by atoms with Crippen molar-refractivity contribution in [3.8, 4) is 0 Å². The van der Waals surface area contributed by atoms with E-state index in [4.69, 9.17) is 11.6 Å². The number of aryl methyl sites for hydroxylation is 1. The molecule has 0 aliphatic heterocycles. The Morgan fingerprint density at radius 2 is 1.88 bits per heavy atom. The van der Waals surface area contributed by atoms with Crippen LogP contribution in [-0.4, -0.2) is 22.4 Å². The molecule has 1 aromatic heterocycles. The third-order valence-electron chi connectivity index (χ3n) is 3.89. The summed E-state index contributed by atoms with van der Waals surface area (Å²) in [6, 6.07) is 17.3. The van der Waals surface area contributed by atoms with Gasteiger partial charge in [-0.1, -0.05) is 48.0 Å². The molecule has 0 spiro atoms. The van der Waals surface area contributed by atoms with Crippen LogP contribution in [0.2, 0.25) is 5.02 Å². The van der Waals surface area contributed by atoms with Crippen molar-refractivity contribution in [3.63, 3.8) is 0 Å². The lowest BCUT2D eigenvalue weighted by Gasteiger charge is -2.09. The summed E-state index contributed by atoms with van der Waals surface area (Å²) >= 11 is 6.13. The molecule has 0 atom stereocenters. The maximum atomic E-state index is 12.3. The van der Waals surface area contributed by atoms with Crippen molar-refractivity contribution in [2.24, 2.45) is 0 Å². The normalized spacial score (nSPS) is 10.4. The summed E-state index contributed by atoms with van der Waals surface area (Å²) in [5, 5.41) is 6.68. The fourth-order valence-corrected chi connectivity index (χ4v) is 2.60. The molecule has 3 rings (SSSR count). The zero-order chi connectivity index (χ0) is 18.4. The SMILES string of the molecule is Cc1ccc(Nc2cc(C(=O)NCCc3ccccc3)ncn2)cc1Cl. The minimum absolute atomic E-state index is 0.228. The van der Waals surface area contributed by atoms with E-state index in [1.165, 1.54) is 11.9 Å². The Labute approximate surface area is 157 Å². The van der Waals surface area contributed by atoms with Crippen LogP contribution in [0.3, 0.4) is 0 Å². The first-order valence-corrected chi connectivity index (χ1v) is 8.67. The van der Waals surface area contributed by atoms with Gasteiger partial charge < -0.3 is 10.6 Å². The van der Waals surface area contributed by atoms with Crippen molar-refractivity contribution in [1.29, 1.82) is 0 Å². The highest BCUT2D eigenvalue weighted by Gasteiger charge is 2.09. The second-order valence-corrected chi connectivity index (χ2v) is 6.28. The van der Waals surface area contributed by atoms with Gasteiger partial charge in [0, 0.05) is 23.3 Å². The molecule has 0 saturated heterocycles. The molecule has 5 nitrogen and oxygen atoms in total. The third kappa shape index (κ3) is 4.80. The van der Waals surface area contributed by atoms with Gasteiger partial charge in [0.15, 0.2) is 0 Å². The van der Waals surface area contributed by atoms with Gasteiger partial charge in [-0.2, -0.15) is 0 Å². The van der Waals surface area contributed by atoms with Gasteiger partial charge in [0.1, 0.15) is 17.8 Å². The van der Waals surface area contributed by atoms with Crippen LogP contribution < -0.4 is 10.6 Å². The van der Waals surface area contributed by atoms with E-state index in [0.717, 1.165) is 17.7 Å². The van der Waals surface area contributed by atoms with E-state index < -0.39 is 0 Å². The number of hydrogen-bond acceptors (Lipinski definition) is 4. The topological polar surface area (TPSA) is 66.9 Å². The van der Waals surface area contributed by atoms with Crippen LogP contribution in [0.15, 0.2) is 60.9 Å². The molecule has 6 heteroatoms. The number of halogens is 1. The molecule has 0 unspecified atom stereocenters. The van der Waals surface area contributed by atoms with Gasteiger partial charge in [-0.25, -0.2) is 9.97 Å². The van der Waals surface area contributed by atoms with Crippen LogP contribution >= 0.6 is 11.6 Å². The molecule has 132 valence electrons. The summed E-state index contributed by atoms with van der Waals surface area (Å²) in [5.74, 6) is 0.307. The van der Waals surface area contributed by atoms with Gasteiger partial charge in [-0.3, -0.25) is 4.79 Å². The number of benzene rings is 2. The summed E-state index contributed by atoms with van der Waals surface area (Å²) < 4.78 is 0. The van der Waals surface area contributed by atoms with Crippen molar-refractivity contribution < 1.29 is 4.79 Å². The first-order chi connectivity index (χ1) is 12.6. The highest BCUT2D eigenvalue weighted by Crippen LogP contribution is 2.22. The van der Waals surface area contributed by atoms with Crippen molar-refractivity contribution in [1.82, 2.24) is 15.3 Å². The zero-order valence-electron chi connectivity index (χ0n) is 14.4. The first kappa shape index (κ1) is 17.9. The average molecular weight is 367 g/mol. The smallest absolute Gasteiger partial charge is 0.270 e. The molecule has 0 saturated carbocycles. The summed E-state index contributed by atoms with van der Waals surface area (Å²) in [6.45, 7) is 2.48. The molecule has 0 aliphatic carbocycles. The van der Waals surface area contributed by atoms with E-state index in [2.05, 4.69) is 20.6 Å². The Morgan fingerprint density at radius 3 is 2.65 bits per heavy atom. The van der Waals surface area contributed by atoms with Crippen LogP contribution in [0, 0.1) is 6.92 Å². The molecule has 0 radical (unpaired) electrons. The molecule has 3 aromatic rings. The largest absolute Gasteiger partial charge is 0.350 e. The molecular weight excluding hydrogens is 348 g/mol. The van der Waals surface area contributed by atoms with Crippen LogP contribution in [0.25, 0.3) is 0 Å². The predicted molar refractivity (Wildman–Crippen MR) is 104 cm³/mol. The fraction of sp³-hybridized carbons (Fsp3) is 0.150. The molecule has 0 fully saturated rings. The van der Waals surface area contributed by atoms with Gasteiger partial charge in [0.05, 0.1) is 0 Å². The van der Waals surface area contributed by atoms with E-state index in [1.807, 2.05) is 55.5 Å². The minimum atomic E-state index is -0.228. The molecule has 2 aromatic carbocycles. The lowest BCUT2D eigenvalue weighted by atomic mass is 10.1. The first-order valence-electron chi connectivity index (χ1n) is 8.29. The molecule has 2 N–H and O–H groups in total. The molecule has 1 amide bonds. The van der Waals surface area contributed by atoms with E-state index in [-0.39, 0.29) is 5.91 Å². The third-order valence-corrected chi connectivity index (χ3v) is 4.29. The number of nitrogens with zero attached hydrogens (tertiary/aromatic N) is 2. The quantitative estimate of drug-likeness (QED) is 0.687. The molecule has 0 bridgehead atoms. The van der Waals surface area contributed by atoms with Crippen LogP contribution in [0.5, 0.6) is 0 Å². The highest BCUT2D eigenvalue weighted by molar-refractivity contribution is 6.31. The lowest BCUT2D eigenvalue weighted by molar-refractivity contribution is 0.0949. The van der Waals surface area contributed by atoms with E-state index in [9.17, 15) is 4.79 Å². The summed E-state index contributed by atoms with van der Waals surface area (Å²) in [4.78, 5) is 20.5. The maximum absolute atomic E-state index is 12.3. The van der Waals surface area contributed by atoms with Crippen molar-refractivity contribution >= 4 is 29.0 Å². The van der Waals surface area contributed by atoms with Crippen molar-refractivity contribution in [3.05, 3.63) is 82.8 Å². The van der Waals surface area contributed by atoms with Crippen LogP contribution in [0.1, 0.15) is 21.6 Å². The number of carbonyl (C=O) groups is 1. The Morgan fingerprint density at radius 1 is 1.08 bits per heavy atom. The van der Waals surface area contributed by atoms with Gasteiger partial charge in [0.2, 0.25) is 0 Å². The number of nitrogens with one attached hydrogen (secondary N) is 2. The van der Waals surface area contributed by atoms with E-state index in [0.29, 0.717) is 23.1 Å². The maximum Gasteiger partial charge on any atom is 0.270 e. The second-order valence-electron chi connectivity index (χ2n) is 5.87. The molecular formula is C20H19ClN4O. The van der Waals surface area contributed by atoms with E-state index >= 15 is 0 Å². The molecule has 26 heavy (non-hydrogen) atoms. The summed E-state index contributed by atoms with van der Waals surface area (Å²) in [7, 11) is 0. The lowest BCUT2D eigenvalue weighted by Crippen LogP contribution is -2.26. The number of amides is 1. The van der Waals surface area contributed by atoms with Gasteiger partial charge in [-0.05, 0) is 36.6 Å². The minimum Gasteiger partial charge on any atom is -0.350 e. The van der Waals surface area contributed by atoms with Crippen LogP contribution in [-0.2, 0) is 6.42 Å². The zero-order valence-corrected chi connectivity index (χ0v) is 15.1. The fourth-order valence-electron chi connectivity index (χ4n) is 2.42. The monoisotopic (exact) mass is 366 g/mol. The van der Waals surface area contributed by atoms with Gasteiger partial charge in [0.25, 0.3) is 5.91 Å². The Bertz CT molecular complexity index is 899. The molecule has 1 heterocycles. The number of aromatic nitrogens is 2. The van der Waals surface area contributed by atoms with Gasteiger partial charge in [-0.15, -0.1) is 0 Å². The standard InChI is InChI=1S/C20H19ClN4O/c1-14-7-8-16(11-17(14)21)25-19-12-18(23-13-24-19)20(26)22-10-9-15-5-3-2-4-6-15/h2-8,11-13H,9-10H2,1H3,(H,22,26)(H,23,24,25). The van der Waals surface area contributed by atoms with E-state index in [1.54, 1.807) is 6.07 Å². The van der Waals surface area contributed by atoms with Crippen LogP contribution in [0.4, 0.5) is 11.5 Å². The average Bonchev–Trinajstić information content (AvgIpc) is 2.66. The summed E-state index contributed by atoms with van der Waals surface area (Å²) in [5.41, 5.74) is 3.29. The Hall–Kier alpha value is -2.92. The van der Waals surface area contributed by atoms with Gasteiger partial charge >= 0.3 is 0 Å². The molecule has 0 aliphatic rings.